The van der Waals surface area contributed by atoms with Crippen LogP contribution in [0, 0.1) is 0 Å². The van der Waals surface area contributed by atoms with Crippen molar-refractivity contribution < 1.29 is 4.42 Å². The molecule has 1 aromatic carbocycles. The van der Waals surface area contributed by atoms with Crippen LogP contribution in [0.5, 0.6) is 0 Å². The molecule has 0 radical (unpaired) electrons. The predicted molar refractivity (Wildman–Crippen MR) is 67.1 cm³/mol. The first kappa shape index (κ1) is 10.4. The molecule has 0 saturated carbocycles. The zero-order valence-electron chi connectivity index (χ0n) is 8.57. The second-order valence-corrected chi connectivity index (χ2v) is 5.33. The van der Waals surface area contributed by atoms with Gasteiger partial charge in [0, 0.05) is 29.1 Å². The van der Waals surface area contributed by atoms with Crippen molar-refractivity contribution in [3.8, 4) is 0 Å². The Hall–Kier alpha value is -0.710. The summed E-state index contributed by atoms with van der Waals surface area (Å²) < 4.78 is 5.72. The van der Waals surface area contributed by atoms with Crippen molar-refractivity contribution >= 4 is 34.5 Å². The van der Waals surface area contributed by atoms with E-state index >= 15 is 0 Å². The fourth-order valence-corrected chi connectivity index (χ4v) is 2.88. The quantitative estimate of drug-likeness (QED) is 0.849. The van der Waals surface area contributed by atoms with Crippen molar-refractivity contribution in [2.45, 2.75) is 6.04 Å². The highest BCUT2D eigenvalue weighted by Crippen LogP contribution is 2.26. The lowest BCUT2D eigenvalue weighted by Crippen LogP contribution is -2.30. The molecule has 1 aromatic heterocycles. The van der Waals surface area contributed by atoms with Crippen LogP contribution >= 0.6 is 23.4 Å². The van der Waals surface area contributed by atoms with E-state index < -0.39 is 0 Å². The zero-order chi connectivity index (χ0) is 11.0. The second kappa shape index (κ2) is 4.28. The second-order valence-electron chi connectivity index (χ2n) is 3.75. The number of fused-ring (bicyclic) bond motifs is 1. The van der Waals surface area contributed by atoms with Crippen LogP contribution in [0.15, 0.2) is 22.6 Å². The minimum atomic E-state index is 0.227. The largest absolute Gasteiger partial charge is 0.439 e. The van der Waals surface area contributed by atoms with Gasteiger partial charge in [0.15, 0.2) is 5.58 Å². The van der Waals surface area contributed by atoms with Gasteiger partial charge in [-0.1, -0.05) is 11.6 Å². The maximum Gasteiger partial charge on any atom is 0.213 e. The van der Waals surface area contributed by atoms with Gasteiger partial charge in [-0.05, 0) is 12.1 Å². The van der Waals surface area contributed by atoms with Crippen LogP contribution in [0.3, 0.4) is 0 Å². The molecule has 1 aliphatic heterocycles. The molecule has 2 aromatic rings. The number of hydrogen-bond acceptors (Lipinski definition) is 4. The van der Waals surface area contributed by atoms with Crippen LogP contribution in [-0.2, 0) is 0 Å². The van der Waals surface area contributed by atoms with Gasteiger partial charge >= 0.3 is 0 Å². The Kier molecular flexibility index (Phi) is 2.79. The molecule has 0 bridgehead atoms. The molecule has 1 fully saturated rings. The van der Waals surface area contributed by atoms with Crippen LogP contribution in [-0.4, -0.2) is 23.0 Å². The summed E-state index contributed by atoms with van der Waals surface area (Å²) in [6.45, 7) is 1.01. The maximum absolute atomic E-state index is 5.91. The van der Waals surface area contributed by atoms with E-state index in [0.717, 1.165) is 35.0 Å². The van der Waals surface area contributed by atoms with Crippen molar-refractivity contribution in [1.82, 2.24) is 10.3 Å². The molecular weight excluding hydrogens is 244 g/mol. The third-order valence-electron chi connectivity index (χ3n) is 2.59. The zero-order valence-corrected chi connectivity index (χ0v) is 10.1. The van der Waals surface area contributed by atoms with Crippen molar-refractivity contribution in [2.24, 2.45) is 0 Å². The van der Waals surface area contributed by atoms with E-state index in [2.05, 4.69) is 10.3 Å². The molecule has 1 saturated heterocycles. The smallest absolute Gasteiger partial charge is 0.213 e. The van der Waals surface area contributed by atoms with E-state index in [-0.39, 0.29) is 6.04 Å². The summed E-state index contributed by atoms with van der Waals surface area (Å²) >= 11 is 7.83. The highest BCUT2D eigenvalue weighted by atomic mass is 35.5. The molecule has 1 unspecified atom stereocenters. The molecule has 3 rings (SSSR count). The van der Waals surface area contributed by atoms with Crippen LogP contribution in [0.25, 0.3) is 11.1 Å². The van der Waals surface area contributed by atoms with Crippen molar-refractivity contribution in [1.29, 1.82) is 0 Å². The molecule has 16 heavy (non-hydrogen) atoms. The van der Waals surface area contributed by atoms with E-state index in [1.54, 1.807) is 0 Å². The average molecular weight is 255 g/mol. The van der Waals surface area contributed by atoms with Gasteiger partial charge in [-0.3, -0.25) is 0 Å². The third-order valence-corrected chi connectivity index (χ3v) is 3.88. The highest BCUT2D eigenvalue weighted by molar-refractivity contribution is 7.99. The molecule has 0 aliphatic carbocycles. The van der Waals surface area contributed by atoms with Crippen LogP contribution in [0.1, 0.15) is 11.9 Å². The summed E-state index contributed by atoms with van der Waals surface area (Å²) in [5.74, 6) is 2.94. The number of rotatable bonds is 1. The summed E-state index contributed by atoms with van der Waals surface area (Å²) in [6, 6.07) is 5.76. The summed E-state index contributed by atoms with van der Waals surface area (Å²) in [4.78, 5) is 4.48. The average Bonchev–Trinajstić information content (AvgIpc) is 2.73. The Morgan fingerprint density at radius 2 is 2.44 bits per heavy atom. The van der Waals surface area contributed by atoms with Gasteiger partial charge in [0.05, 0.1) is 6.04 Å². The fraction of sp³-hybridized carbons (Fsp3) is 0.364. The summed E-state index contributed by atoms with van der Waals surface area (Å²) in [7, 11) is 0. The molecule has 0 amide bonds. The summed E-state index contributed by atoms with van der Waals surface area (Å²) in [5.41, 5.74) is 1.64. The van der Waals surface area contributed by atoms with E-state index in [1.807, 2.05) is 30.0 Å². The first-order chi connectivity index (χ1) is 7.83. The number of halogens is 1. The third kappa shape index (κ3) is 1.93. The van der Waals surface area contributed by atoms with Gasteiger partial charge in [0.1, 0.15) is 5.52 Å². The number of oxazole rings is 1. The molecule has 3 nitrogen and oxygen atoms in total. The minimum Gasteiger partial charge on any atom is -0.439 e. The number of hydrogen-bond donors (Lipinski definition) is 1. The lowest BCUT2D eigenvalue weighted by Gasteiger charge is -2.19. The van der Waals surface area contributed by atoms with E-state index in [4.69, 9.17) is 16.0 Å². The lowest BCUT2D eigenvalue weighted by molar-refractivity contribution is 0.441. The fourth-order valence-electron chi connectivity index (χ4n) is 1.79. The minimum absolute atomic E-state index is 0.227. The van der Waals surface area contributed by atoms with Gasteiger partial charge in [-0.15, -0.1) is 0 Å². The lowest BCUT2D eigenvalue weighted by atomic mass is 10.3. The molecule has 84 valence electrons. The molecule has 1 N–H and O–H groups in total. The van der Waals surface area contributed by atoms with Gasteiger partial charge < -0.3 is 9.73 Å². The van der Waals surface area contributed by atoms with E-state index in [1.165, 1.54) is 0 Å². The molecule has 2 heterocycles. The molecule has 0 spiro atoms. The normalized spacial score (nSPS) is 21.4. The van der Waals surface area contributed by atoms with E-state index in [0.29, 0.717) is 5.02 Å². The first-order valence-corrected chi connectivity index (χ1v) is 6.73. The Labute approximate surface area is 103 Å². The van der Waals surface area contributed by atoms with Crippen LogP contribution in [0.2, 0.25) is 5.02 Å². The Morgan fingerprint density at radius 3 is 3.25 bits per heavy atom. The van der Waals surface area contributed by atoms with Crippen molar-refractivity contribution in [3.63, 3.8) is 0 Å². The predicted octanol–water partition coefficient (Wildman–Crippen LogP) is 2.86. The van der Waals surface area contributed by atoms with Gasteiger partial charge in [-0.2, -0.15) is 11.8 Å². The first-order valence-electron chi connectivity index (χ1n) is 5.20. The molecule has 5 heteroatoms. The summed E-state index contributed by atoms with van der Waals surface area (Å²) in [6.07, 6.45) is 0. The van der Waals surface area contributed by atoms with Gasteiger partial charge in [0.2, 0.25) is 5.89 Å². The SMILES string of the molecule is Clc1ccc2nc(C3CSCCN3)oc2c1. The molecular formula is C11H11ClN2OS. The van der Waals surface area contributed by atoms with Gasteiger partial charge in [0.25, 0.3) is 0 Å². The molecule has 1 aliphatic rings. The Morgan fingerprint density at radius 1 is 1.50 bits per heavy atom. The monoisotopic (exact) mass is 254 g/mol. The van der Waals surface area contributed by atoms with Gasteiger partial charge in [-0.25, -0.2) is 4.98 Å². The Bertz CT molecular complexity index is 508. The number of aromatic nitrogens is 1. The van der Waals surface area contributed by atoms with E-state index in [9.17, 15) is 0 Å². The summed E-state index contributed by atoms with van der Waals surface area (Å²) in [5, 5.41) is 4.08. The highest BCUT2D eigenvalue weighted by Gasteiger charge is 2.20. The number of thioether (sulfide) groups is 1. The maximum atomic E-state index is 5.91. The Balaban J connectivity index is 1.97. The molecule has 1 atom stereocenters. The number of nitrogens with one attached hydrogen (secondary N) is 1. The van der Waals surface area contributed by atoms with Crippen LogP contribution < -0.4 is 5.32 Å². The van der Waals surface area contributed by atoms with Crippen molar-refractivity contribution in [3.05, 3.63) is 29.1 Å². The number of nitrogens with zero attached hydrogens (tertiary/aromatic N) is 1. The topological polar surface area (TPSA) is 38.1 Å². The van der Waals surface area contributed by atoms with Crippen molar-refractivity contribution in [2.75, 3.05) is 18.1 Å². The van der Waals surface area contributed by atoms with Crippen LogP contribution in [0.4, 0.5) is 0 Å². The number of benzene rings is 1. The standard InChI is InChI=1S/C11H11ClN2OS/c12-7-1-2-8-10(5-7)15-11(14-8)9-6-16-4-3-13-9/h1-2,5,9,13H,3-4,6H2.